The summed E-state index contributed by atoms with van der Waals surface area (Å²) in [6.45, 7) is 5.89. The smallest absolute Gasteiger partial charge is 0.160 e. The van der Waals surface area contributed by atoms with Crippen molar-refractivity contribution < 1.29 is 4.79 Å². The molecule has 2 rings (SSSR count). The zero-order valence-electron chi connectivity index (χ0n) is 10.7. The Labute approximate surface area is 102 Å². The number of benzene rings is 2. The minimum absolute atomic E-state index is 0.185. The van der Waals surface area contributed by atoms with Crippen LogP contribution >= 0.6 is 0 Å². The van der Waals surface area contributed by atoms with Gasteiger partial charge in [0.1, 0.15) is 0 Å². The van der Waals surface area contributed by atoms with Gasteiger partial charge in [-0.15, -0.1) is 0 Å². The van der Waals surface area contributed by atoms with E-state index in [-0.39, 0.29) is 5.78 Å². The summed E-state index contributed by atoms with van der Waals surface area (Å²) >= 11 is 0. The predicted molar refractivity (Wildman–Crippen MR) is 72.7 cm³/mol. The van der Waals surface area contributed by atoms with Gasteiger partial charge in [0.15, 0.2) is 5.78 Å². The molecule has 0 spiro atoms. The normalized spacial score (nSPS) is 10.8. The first-order chi connectivity index (χ1) is 8.19. The van der Waals surface area contributed by atoms with E-state index in [0.29, 0.717) is 0 Å². The first-order valence-electron chi connectivity index (χ1n) is 6.23. The summed E-state index contributed by atoms with van der Waals surface area (Å²) in [7, 11) is 0. The van der Waals surface area contributed by atoms with Crippen LogP contribution in [0.4, 0.5) is 0 Å². The Kier molecular flexibility index (Phi) is 3.28. The minimum Gasteiger partial charge on any atom is -0.294 e. The van der Waals surface area contributed by atoms with E-state index in [1.54, 1.807) is 6.92 Å². The molecule has 17 heavy (non-hydrogen) atoms. The lowest BCUT2D eigenvalue weighted by atomic mass is 9.89. The number of carbonyl (C=O) groups excluding carboxylic acids is 1. The molecule has 0 heterocycles. The zero-order valence-corrected chi connectivity index (χ0v) is 10.7. The highest BCUT2D eigenvalue weighted by atomic mass is 16.1. The van der Waals surface area contributed by atoms with E-state index >= 15 is 0 Å². The van der Waals surface area contributed by atoms with Crippen LogP contribution in [0.1, 0.15) is 42.3 Å². The Morgan fingerprint density at radius 1 is 1.12 bits per heavy atom. The number of aryl methyl sites for hydroxylation is 2. The average Bonchev–Trinajstić information content (AvgIpc) is 2.35. The van der Waals surface area contributed by atoms with Crippen molar-refractivity contribution in [1.82, 2.24) is 0 Å². The fourth-order valence-electron chi connectivity index (χ4n) is 2.57. The molecule has 2 aromatic rings. The van der Waals surface area contributed by atoms with E-state index in [4.69, 9.17) is 0 Å². The van der Waals surface area contributed by atoms with Gasteiger partial charge in [-0.25, -0.2) is 0 Å². The summed E-state index contributed by atoms with van der Waals surface area (Å²) in [5.41, 5.74) is 3.31. The standard InChI is InChI=1S/C16H18O/c1-4-12-10-13-8-6-7-9-15(13)14(5-2)16(12)11(3)17/h6-10H,4-5H2,1-3H3. The molecular formula is C16H18O. The Hall–Kier alpha value is -1.63. The molecular weight excluding hydrogens is 208 g/mol. The number of carbonyl (C=O) groups is 1. The van der Waals surface area contributed by atoms with Crippen molar-refractivity contribution in [2.45, 2.75) is 33.6 Å². The van der Waals surface area contributed by atoms with Gasteiger partial charge in [0, 0.05) is 5.56 Å². The monoisotopic (exact) mass is 226 g/mol. The molecule has 0 atom stereocenters. The van der Waals surface area contributed by atoms with Gasteiger partial charge in [0.2, 0.25) is 0 Å². The van der Waals surface area contributed by atoms with Crippen LogP contribution in [0.5, 0.6) is 0 Å². The first kappa shape index (κ1) is 11.8. The molecule has 1 nitrogen and oxygen atoms in total. The zero-order chi connectivity index (χ0) is 12.4. The highest BCUT2D eigenvalue weighted by Crippen LogP contribution is 2.27. The molecule has 0 unspecified atom stereocenters. The van der Waals surface area contributed by atoms with Gasteiger partial charge in [-0.3, -0.25) is 4.79 Å². The fourth-order valence-corrected chi connectivity index (χ4v) is 2.57. The average molecular weight is 226 g/mol. The maximum atomic E-state index is 11.8. The summed E-state index contributed by atoms with van der Waals surface area (Å²) in [4.78, 5) is 11.8. The van der Waals surface area contributed by atoms with Crippen molar-refractivity contribution in [1.29, 1.82) is 0 Å². The summed E-state index contributed by atoms with van der Waals surface area (Å²) < 4.78 is 0. The van der Waals surface area contributed by atoms with Gasteiger partial charge in [0.05, 0.1) is 0 Å². The predicted octanol–water partition coefficient (Wildman–Crippen LogP) is 4.17. The van der Waals surface area contributed by atoms with Crippen molar-refractivity contribution in [3.05, 3.63) is 47.0 Å². The second kappa shape index (κ2) is 4.70. The third-order valence-electron chi connectivity index (χ3n) is 3.33. The van der Waals surface area contributed by atoms with Crippen LogP contribution in [0.3, 0.4) is 0 Å². The topological polar surface area (TPSA) is 17.1 Å². The second-order valence-electron chi connectivity index (χ2n) is 4.37. The Morgan fingerprint density at radius 3 is 2.41 bits per heavy atom. The molecule has 0 fully saturated rings. The van der Waals surface area contributed by atoms with Crippen LogP contribution in [0.2, 0.25) is 0 Å². The van der Waals surface area contributed by atoms with E-state index in [1.807, 2.05) is 6.07 Å². The van der Waals surface area contributed by atoms with Gasteiger partial charge in [0.25, 0.3) is 0 Å². The SMILES string of the molecule is CCc1cc2ccccc2c(CC)c1C(C)=O. The molecule has 1 heteroatoms. The molecule has 0 saturated carbocycles. The lowest BCUT2D eigenvalue weighted by molar-refractivity contribution is 0.101. The van der Waals surface area contributed by atoms with Gasteiger partial charge in [-0.1, -0.05) is 44.2 Å². The van der Waals surface area contributed by atoms with Crippen LogP contribution in [-0.2, 0) is 12.8 Å². The van der Waals surface area contributed by atoms with Crippen molar-refractivity contribution >= 4 is 16.6 Å². The molecule has 0 saturated heterocycles. The number of hydrogen-bond acceptors (Lipinski definition) is 1. The van der Waals surface area contributed by atoms with Crippen molar-refractivity contribution in [2.24, 2.45) is 0 Å². The number of hydrogen-bond donors (Lipinski definition) is 0. The summed E-state index contributed by atoms with van der Waals surface area (Å²) in [6.07, 6.45) is 1.82. The second-order valence-corrected chi connectivity index (χ2v) is 4.37. The molecule has 88 valence electrons. The van der Waals surface area contributed by atoms with Gasteiger partial charge < -0.3 is 0 Å². The number of rotatable bonds is 3. The third-order valence-corrected chi connectivity index (χ3v) is 3.33. The lowest BCUT2D eigenvalue weighted by Gasteiger charge is -2.14. The molecule has 0 aliphatic heterocycles. The van der Waals surface area contributed by atoms with Crippen molar-refractivity contribution in [3.63, 3.8) is 0 Å². The number of fused-ring (bicyclic) bond motifs is 1. The van der Waals surface area contributed by atoms with E-state index in [9.17, 15) is 4.79 Å². The fraction of sp³-hybridized carbons (Fsp3) is 0.312. The van der Waals surface area contributed by atoms with Gasteiger partial charge in [-0.2, -0.15) is 0 Å². The quantitative estimate of drug-likeness (QED) is 0.718. The Balaban J connectivity index is 2.89. The van der Waals surface area contributed by atoms with Gasteiger partial charge in [-0.05, 0) is 41.7 Å². The van der Waals surface area contributed by atoms with Crippen molar-refractivity contribution in [3.8, 4) is 0 Å². The van der Waals surface area contributed by atoms with Crippen molar-refractivity contribution in [2.75, 3.05) is 0 Å². The summed E-state index contributed by atoms with van der Waals surface area (Å²) in [6, 6.07) is 10.5. The molecule has 0 N–H and O–H groups in total. The molecule has 0 radical (unpaired) electrons. The molecule has 0 aliphatic rings. The molecule has 0 amide bonds. The number of Topliss-reactive ketones (excluding diaryl/α,β-unsaturated/α-hetero) is 1. The van der Waals surface area contributed by atoms with Crippen LogP contribution in [-0.4, -0.2) is 5.78 Å². The molecule has 2 aromatic carbocycles. The Morgan fingerprint density at radius 2 is 1.82 bits per heavy atom. The summed E-state index contributed by atoms with van der Waals surface area (Å²) in [5, 5.41) is 2.46. The van der Waals surface area contributed by atoms with E-state index in [1.165, 1.54) is 21.9 Å². The third kappa shape index (κ3) is 1.97. The van der Waals surface area contributed by atoms with E-state index < -0.39 is 0 Å². The van der Waals surface area contributed by atoms with Crippen LogP contribution < -0.4 is 0 Å². The minimum atomic E-state index is 0.185. The Bertz CT molecular complexity index is 567. The van der Waals surface area contributed by atoms with Gasteiger partial charge >= 0.3 is 0 Å². The summed E-state index contributed by atoms with van der Waals surface area (Å²) in [5.74, 6) is 0.185. The maximum Gasteiger partial charge on any atom is 0.160 e. The highest BCUT2D eigenvalue weighted by Gasteiger charge is 2.14. The largest absolute Gasteiger partial charge is 0.294 e. The molecule has 0 aromatic heterocycles. The highest BCUT2D eigenvalue weighted by molar-refractivity contribution is 6.03. The molecule has 0 bridgehead atoms. The van der Waals surface area contributed by atoms with E-state index in [2.05, 4.69) is 38.1 Å². The maximum absolute atomic E-state index is 11.8. The number of ketones is 1. The first-order valence-corrected chi connectivity index (χ1v) is 6.23. The van der Waals surface area contributed by atoms with E-state index in [0.717, 1.165) is 18.4 Å². The van der Waals surface area contributed by atoms with Crippen LogP contribution in [0.15, 0.2) is 30.3 Å². The molecule has 0 aliphatic carbocycles. The lowest BCUT2D eigenvalue weighted by Crippen LogP contribution is -2.05. The van der Waals surface area contributed by atoms with Crippen LogP contribution in [0, 0.1) is 0 Å². The van der Waals surface area contributed by atoms with Crippen LogP contribution in [0.25, 0.3) is 10.8 Å².